The second-order valence-corrected chi connectivity index (χ2v) is 18.5. The molecule has 1 amide bonds. The second kappa shape index (κ2) is 15.2. The van der Waals surface area contributed by atoms with Crippen LogP contribution in [-0.2, 0) is 11.2 Å². The number of aromatic nitrogens is 4. The number of rotatable bonds is 7. The van der Waals surface area contributed by atoms with Gasteiger partial charge in [0.15, 0.2) is 5.82 Å². The molecule has 2 saturated carbocycles. The van der Waals surface area contributed by atoms with Crippen molar-refractivity contribution in [1.82, 2.24) is 24.6 Å². The Morgan fingerprint density at radius 3 is 2.50 bits per heavy atom. The van der Waals surface area contributed by atoms with Crippen LogP contribution < -0.4 is 0 Å². The predicted molar refractivity (Wildman–Crippen MR) is 223 cm³/mol. The molecule has 1 aliphatic heterocycles. The van der Waals surface area contributed by atoms with E-state index in [0.29, 0.717) is 65.4 Å². The van der Waals surface area contributed by atoms with Gasteiger partial charge in [0.2, 0.25) is 0 Å². The van der Waals surface area contributed by atoms with E-state index in [1.165, 1.54) is 46.6 Å². The Morgan fingerprint density at radius 2 is 1.76 bits per heavy atom. The summed E-state index contributed by atoms with van der Waals surface area (Å²) >= 11 is 0. The van der Waals surface area contributed by atoms with E-state index in [9.17, 15) is 20.1 Å². The van der Waals surface area contributed by atoms with Crippen molar-refractivity contribution >= 4 is 11.7 Å². The van der Waals surface area contributed by atoms with Crippen molar-refractivity contribution < 1.29 is 24.9 Å². The van der Waals surface area contributed by atoms with Crippen LogP contribution in [0.3, 0.4) is 0 Å². The van der Waals surface area contributed by atoms with Gasteiger partial charge in [0.1, 0.15) is 17.6 Å². The molecule has 5 aliphatic rings. The van der Waals surface area contributed by atoms with Gasteiger partial charge in [-0.2, -0.15) is 0 Å². The summed E-state index contributed by atoms with van der Waals surface area (Å²) in [5.41, 5.74) is 7.44. The standard InChI is InChI=1S/C48H57N5O5/c1-28(2)38-25-39(43(55)26-42(38)54)45-50-51-46(56)53(45)34-10-7-30(8-11-34)23-31-16-20-52(21-17-31)47(57)58-35-22-29(3)44-32(24-35)9-12-36-37(44)15-18-48(4)40(13-14-41(36)48)33-6-5-19-49-27-33/h5-11,13,19,25-29,31,35-37,41,44,54-55H,12,14-18,20-24H2,1-4H3,(H,51,56)/t29-,35+,36-,37?,41?,44?,48-/m1/s1. The summed E-state index contributed by atoms with van der Waals surface area (Å²) in [6.07, 6.45) is 18.1. The minimum Gasteiger partial charge on any atom is -0.508 e. The number of piperidine rings is 1. The van der Waals surface area contributed by atoms with Crippen LogP contribution in [0.5, 0.6) is 17.5 Å². The number of carbonyl (C=O) groups excluding carboxylic acids is 1. The Balaban J connectivity index is 0.784. The van der Waals surface area contributed by atoms with Gasteiger partial charge in [-0.05, 0) is 145 Å². The van der Waals surface area contributed by atoms with Gasteiger partial charge in [-0.3, -0.25) is 4.98 Å². The molecule has 3 heterocycles. The molecule has 0 spiro atoms. The molecule has 2 aromatic carbocycles. The van der Waals surface area contributed by atoms with Crippen molar-refractivity contribution in [3.05, 3.63) is 95.3 Å². The summed E-state index contributed by atoms with van der Waals surface area (Å²) < 4.78 is 7.79. The van der Waals surface area contributed by atoms with E-state index < -0.39 is 0 Å². The van der Waals surface area contributed by atoms with Gasteiger partial charge < -0.3 is 25.0 Å². The van der Waals surface area contributed by atoms with Gasteiger partial charge in [0, 0.05) is 38.0 Å². The third kappa shape index (κ3) is 6.86. The van der Waals surface area contributed by atoms with Crippen molar-refractivity contribution in [1.29, 1.82) is 0 Å². The fraction of sp³-hybridized carbons (Fsp3) is 0.500. The number of nitrogens with zero attached hydrogens (tertiary/aromatic N) is 5. The molecule has 304 valence electrons. The van der Waals surface area contributed by atoms with Crippen LogP contribution in [-0.4, -0.2) is 65.3 Å². The molecule has 0 radical (unpaired) electrons. The van der Waals surface area contributed by atoms with Crippen LogP contribution in [0.2, 0.25) is 0 Å². The molecule has 3 unspecified atom stereocenters. The molecular weight excluding hydrogens is 727 g/mol. The summed E-state index contributed by atoms with van der Waals surface area (Å²) in [5, 5.41) is 39.7. The lowest BCUT2D eigenvalue weighted by molar-refractivity contribution is -0.0126. The summed E-state index contributed by atoms with van der Waals surface area (Å²) in [6.45, 7) is 10.2. The molecule has 1 saturated heterocycles. The van der Waals surface area contributed by atoms with Gasteiger partial charge in [-0.15, -0.1) is 5.10 Å². The molecule has 4 aromatic rings. The number of pyridine rings is 1. The number of amides is 1. The van der Waals surface area contributed by atoms with Crippen LogP contribution in [0, 0.1) is 40.9 Å². The van der Waals surface area contributed by atoms with Gasteiger partial charge in [0.25, 0.3) is 0 Å². The first-order valence-corrected chi connectivity index (χ1v) is 21.5. The Morgan fingerprint density at radius 1 is 0.966 bits per heavy atom. The number of aromatic hydroxyl groups is 3. The number of ether oxygens (including phenoxy) is 1. The predicted octanol–water partition coefficient (Wildman–Crippen LogP) is 9.84. The number of phenols is 2. The van der Waals surface area contributed by atoms with Crippen LogP contribution in [0.1, 0.15) is 102 Å². The van der Waals surface area contributed by atoms with Crippen molar-refractivity contribution in [2.75, 3.05) is 13.1 Å². The van der Waals surface area contributed by atoms with Gasteiger partial charge in [0.05, 0.1) is 11.3 Å². The Kier molecular flexibility index (Phi) is 10.1. The minimum absolute atomic E-state index is 0.0103. The molecule has 10 heteroatoms. The summed E-state index contributed by atoms with van der Waals surface area (Å²) in [6, 6.07) is 14.9. The molecular formula is C48H57N5O5. The maximum Gasteiger partial charge on any atom is 0.410 e. The zero-order chi connectivity index (χ0) is 40.3. The third-order valence-corrected chi connectivity index (χ3v) is 14.8. The van der Waals surface area contributed by atoms with Crippen molar-refractivity contribution in [3.8, 4) is 34.6 Å². The summed E-state index contributed by atoms with van der Waals surface area (Å²) in [5.74, 6) is 3.81. The summed E-state index contributed by atoms with van der Waals surface area (Å²) in [4.78, 5) is 19.9. The van der Waals surface area contributed by atoms with E-state index in [4.69, 9.17) is 4.74 Å². The lowest BCUT2D eigenvalue weighted by Gasteiger charge is -2.54. The molecule has 2 aromatic heterocycles. The quantitative estimate of drug-likeness (QED) is 0.158. The highest BCUT2D eigenvalue weighted by Crippen LogP contribution is 2.64. The van der Waals surface area contributed by atoms with Crippen LogP contribution in [0.4, 0.5) is 4.79 Å². The molecule has 4 aliphatic carbocycles. The number of benzene rings is 2. The first-order chi connectivity index (χ1) is 28.0. The normalized spacial score (nSPS) is 28.3. The number of allylic oxidation sites excluding steroid dienone is 3. The molecule has 10 nitrogen and oxygen atoms in total. The SMILES string of the molecule is CC(C)c1cc(-c2nnc(O)n2-c2ccc(CC3CCN(C(=O)O[C@@H]4CC5=CC[C@@H]6C(CC[C@]7(C)C(c8cccnc8)=CCC67)C5[C@H](C)C4)CC3)cc2)c(O)cc1O. The van der Waals surface area contributed by atoms with Crippen molar-refractivity contribution in [3.63, 3.8) is 0 Å². The number of likely N-dealkylation sites (tertiary alicyclic amines) is 1. The average molecular weight is 784 g/mol. The number of hydrogen-bond acceptors (Lipinski definition) is 8. The first kappa shape index (κ1) is 38.4. The first-order valence-electron chi connectivity index (χ1n) is 21.5. The van der Waals surface area contributed by atoms with Gasteiger partial charge in [-0.1, -0.05) is 68.7 Å². The molecule has 0 bridgehead atoms. The van der Waals surface area contributed by atoms with Crippen molar-refractivity contribution in [2.45, 2.75) is 97.5 Å². The molecule has 58 heavy (non-hydrogen) atoms. The number of carbonyl (C=O) groups is 1. The lowest BCUT2D eigenvalue weighted by atomic mass is 9.50. The average Bonchev–Trinajstić information content (AvgIpc) is 3.77. The highest BCUT2D eigenvalue weighted by molar-refractivity contribution is 5.73. The van der Waals surface area contributed by atoms with Crippen LogP contribution in [0.25, 0.3) is 22.6 Å². The Bertz CT molecular complexity index is 2220. The fourth-order valence-electron chi connectivity index (χ4n) is 11.9. The number of fused-ring (bicyclic) bond motifs is 5. The largest absolute Gasteiger partial charge is 0.508 e. The second-order valence-electron chi connectivity index (χ2n) is 18.5. The molecule has 3 fully saturated rings. The maximum atomic E-state index is 13.5. The van der Waals surface area contributed by atoms with E-state index in [1.54, 1.807) is 11.6 Å². The maximum absolute atomic E-state index is 13.5. The van der Waals surface area contributed by atoms with Crippen LogP contribution >= 0.6 is 0 Å². The Labute approximate surface area is 341 Å². The molecule has 7 atom stereocenters. The third-order valence-electron chi connectivity index (χ3n) is 14.8. The summed E-state index contributed by atoms with van der Waals surface area (Å²) in [7, 11) is 0. The monoisotopic (exact) mass is 783 g/mol. The topological polar surface area (TPSA) is 134 Å². The van der Waals surface area contributed by atoms with Gasteiger partial charge in [-0.25, -0.2) is 9.36 Å². The zero-order valence-electron chi connectivity index (χ0n) is 34.2. The zero-order valence-corrected chi connectivity index (χ0v) is 34.2. The van der Waals surface area contributed by atoms with E-state index in [2.05, 4.69) is 53.3 Å². The number of phenolic OH excluding ortho intramolecular Hbond substituents is 2. The van der Waals surface area contributed by atoms with E-state index in [1.807, 2.05) is 55.4 Å². The van der Waals surface area contributed by atoms with E-state index in [-0.39, 0.29) is 46.9 Å². The lowest BCUT2D eigenvalue weighted by Crippen LogP contribution is -2.48. The van der Waals surface area contributed by atoms with Gasteiger partial charge >= 0.3 is 12.1 Å². The smallest absolute Gasteiger partial charge is 0.410 e. The van der Waals surface area contributed by atoms with Crippen molar-refractivity contribution in [2.24, 2.45) is 40.9 Å². The highest BCUT2D eigenvalue weighted by Gasteiger charge is 2.54. The van der Waals surface area contributed by atoms with Crippen LogP contribution in [0.15, 0.2) is 78.6 Å². The van der Waals surface area contributed by atoms with E-state index >= 15 is 0 Å². The molecule has 9 rings (SSSR count). The Hall–Kier alpha value is -5.12. The van der Waals surface area contributed by atoms with E-state index in [0.717, 1.165) is 38.5 Å². The molecule has 3 N–H and O–H groups in total. The number of hydrogen-bond donors (Lipinski definition) is 3. The fourth-order valence-corrected chi connectivity index (χ4v) is 11.9. The highest BCUT2D eigenvalue weighted by atomic mass is 16.6. The minimum atomic E-state index is -0.290.